The van der Waals surface area contributed by atoms with Gasteiger partial charge in [-0.3, -0.25) is 0 Å². The Hall–Kier alpha value is -1.32. The lowest BCUT2D eigenvalue weighted by Gasteiger charge is -2.35. The van der Waals surface area contributed by atoms with Crippen molar-refractivity contribution < 1.29 is 8.42 Å². The first-order chi connectivity index (χ1) is 8.87. The topological polar surface area (TPSA) is 34.1 Å². The van der Waals surface area contributed by atoms with Crippen LogP contribution in [0.2, 0.25) is 5.02 Å². The predicted molar refractivity (Wildman–Crippen MR) is 75.5 cm³/mol. The first-order valence-corrected chi connectivity index (χ1v) is 7.86. The van der Waals surface area contributed by atoms with Crippen molar-refractivity contribution in [2.24, 2.45) is 0 Å². The van der Waals surface area contributed by atoms with Crippen molar-refractivity contribution in [3.05, 3.63) is 58.6 Å². The lowest BCUT2D eigenvalue weighted by Crippen LogP contribution is -2.30. The summed E-state index contributed by atoms with van der Waals surface area (Å²) >= 11 is 6.26. The fraction of sp³-hybridized carbons (Fsp3) is 0.200. The molecular formula is C15H13ClO2S. The SMILES string of the molecule is CC1(C)c2ccccc2S(=O)(=O)c2cccc(Cl)c21. The van der Waals surface area contributed by atoms with E-state index in [1.165, 1.54) is 0 Å². The number of benzene rings is 2. The Kier molecular flexibility index (Phi) is 2.57. The van der Waals surface area contributed by atoms with Gasteiger partial charge in [0.2, 0.25) is 9.84 Å². The van der Waals surface area contributed by atoms with Gasteiger partial charge in [-0.25, -0.2) is 8.42 Å². The molecule has 2 aromatic rings. The van der Waals surface area contributed by atoms with Crippen molar-refractivity contribution in [3.8, 4) is 0 Å². The van der Waals surface area contributed by atoms with E-state index in [4.69, 9.17) is 11.6 Å². The Morgan fingerprint density at radius 2 is 1.58 bits per heavy atom. The summed E-state index contributed by atoms with van der Waals surface area (Å²) in [5.74, 6) is 0. The quantitative estimate of drug-likeness (QED) is 0.740. The molecule has 0 amide bonds. The van der Waals surface area contributed by atoms with Crippen LogP contribution in [-0.4, -0.2) is 8.42 Å². The van der Waals surface area contributed by atoms with Crippen LogP contribution in [0.25, 0.3) is 0 Å². The van der Waals surface area contributed by atoms with E-state index < -0.39 is 15.3 Å². The molecule has 0 bridgehead atoms. The van der Waals surface area contributed by atoms with Gasteiger partial charge in [-0.1, -0.05) is 49.7 Å². The summed E-state index contributed by atoms with van der Waals surface area (Å²) in [6.45, 7) is 4.01. The highest BCUT2D eigenvalue weighted by Crippen LogP contribution is 2.47. The summed E-state index contributed by atoms with van der Waals surface area (Å²) in [5, 5.41) is 0.501. The van der Waals surface area contributed by atoms with Crippen molar-refractivity contribution in [1.29, 1.82) is 0 Å². The fourth-order valence-corrected chi connectivity index (χ4v) is 5.27. The van der Waals surface area contributed by atoms with E-state index in [0.29, 0.717) is 20.4 Å². The second-order valence-electron chi connectivity index (χ2n) is 5.24. The minimum atomic E-state index is -3.48. The van der Waals surface area contributed by atoms with Gasteiger partial charge in [0, 0.05) is 10.4 Å². The van der Waals surface area contributed by atoms with Gasteiger partial charge < -0.3 is 0 Å². The lowest BCUT2D eigenvalue weighted by molar-refractivity contribution is 0.556. The summed E-state index contributed by atoms with van der Waals surface area (Å²) in [6.07, 6.45) is 0. The van der Waals surface area contributed by atoms with E-state index in [9.17, 15) is 8.42 Å². The minimum absolute atomic E-state index is 0.323. The van der Waals surface area contributed by atoms with Gasteiger partial charge in [0.25, 0.3) is 0 Å². The normalized spacial score (nSPS) is 18.5. The number of rotatable bonds is 0. The molecule has 0 aliphatic carbocycles. The Morgan fingerprint density at radius 1 is 0.947 bits per heavy atom. The average Bonchev–Trinajstić information content (AvgIpc) is 2.37. The van der Waals surface area contributed by atoms with Gasteiger partial charge in [-0.15, -0.1) is 0 Å². The van der Waals surface area contributed by atoms with Gasteiger partial charge in [-0.05, 0) is 29.3 Å². The molecule has 0 atom stereocenters. The average molecular weight is 293 g/mol. The monoisotopic (exact) mass is 292 g/mol. The first-order valence-electron chi connectivity index (χ1n) is 6.00. The molecule has 1 aliphatic heterocycles. The summed E-state index contributed by atoms with van der Waals surface area (Å²) in [4.78, 5) is 0.707. The highest BCUT2D eigenvalue weighted by molar-refractivity contribution is 7.91. The van der Waals surface area contributed by atoms with E-state index in [0.717, 1.165) is 5.56 Å². The minimum Gasteiger partial charge on any atom is -0.218 e. The Morgan fingerprint density at radius 3 is 2.32 bits per heavy atom. The Balaban J connectivity index is 2.52. The summed E-state index contributed by atoms with van der Waals surface area (Å²) in [6, 6.07) is 12.2. The summed E-state index contributed by atoms with van der Waals surface area (Å²) < 4.78 is 25.4. The van der Waals surface area contributed by atoms with Crippen molar-refractivity contribution >= 4 is 21.4 Å². The number of sulfone groups is 1. The van der Waals surface area contributed by atoms with Crippen LogP contribution in [0, 0.1) is 0 Å². The summed E-state index contributed by atoms with van der Waals surface area (Å²) in [5.41, 5.74) is 1.07. The molecule has 0 saturated heterocycles. The van der Waals surface area contributed by atoms with E-state index >= 15 is 0 Å². The molecule has 0 aromatic heterocycles. The maximum absolute atomic E-state index is 12.7. The molecule has 0 radical (unpaired) electrons. The van der Waals surface area contributed by atoms with Crippen molar-refractivity contribution in [1.82, 2.24) is 0 Å². The Bertz CT molecular complexity index is 776. The van der Waals surface area contributed by atoms with Gasteiger partial charge in [0.1, 0.15) is 0 Å². The zero-order chi connectivity index (χ0) is 13.8. The van der Waals surface area contributed by atoms with Crippen molar-refractivity contribution in [3.63, 3.8) is 0 Å². The maximum atomic E-state index is 12.7. The molecule has 2 nitrogen and oxygen atoms in total. The van der Waals surface area contributed by atoms with Gasteiger partial charge in [-0.2, -0.15) is 0 Å². The van der Waals surface area contributed by atoms with E-state index in [2.05, 4.69) is 0 Å². The lowest BCUT2D eigenvalue weighted by atomic mass is 9.77. The molecule has 0 saturated carbocycles. The molecule has 19 heavy (non-hydrogen) atoms. The first kappa shape index (κ1) is 12.7. The number of hydrogen-bond acceptors (Lipinski definition) is 2. The van der Waals surface area contributed by atoms with Crippen LogP contribution in [0.4, 0.5) is 0 Å². The molecule has 1 heterocycles. The number of fused-ring (bicyclic) bond motifs is 2. The standard InChI is InChI=1S/C15H13ClO2S/c1-15(2)10-6-3-4-8-12(10)19(17,18)13-9-5-7-11(16)14(13)15/h3-9H,1-2H3. The van der Waals surface area contributed by atoms with Crippen LogP contribution < -0.4 is 0 Å². The van der Waals surface area contributed by atoms with Crippen LogP contribution in [-0.2, 0) is 15.3 Å². The van der Waals surface area contributed by atoms with Crippen molar-refractivity contribution in [2.45, 2.75) is 29.1 Å². The van der Waals surface area contributed by atoms with Gasteiger partial charge in [0.05, 0.1) is 9.79 Å². The third-order valence-corrected chi connectivity index (χ3v) is 5.91. The zero-order valence-corrected chi connectivity index (χ0v) is 12.2. The number of halogens is 1. The summed E-state index contributed by atoms with van der Waals surface area (Å²) in [7, 11) is -3.48. The fourth-order valence-electron chi connectivity index (χ4n) is 2.81. The van der Waals surface area contributed by atoms with E-state index in [1.54, 1.807) is 30.3 Å². The molecule has 1 aliphatic rings. The highest BCUT2D eigenvalue weighted by atomic mass is 35.5. The Labute approximate surface area is 118 Å². The second kappa shape index (κ2) is 3.84. The van der Waals surface area contributed by atoms with Gasteiger partial charge >= 0.3 is 0 Å². The smallest absolute Gasteiger partial charge is 0.207 e. The van der Waals surface area contributed by atoms with Crippen LogP contribution >= 0.6 is 11.6 Å². The van der Waals surface area contributed by atoms with Crippen LogP contribution in [0.5, 0.6) is 0 Å². The van der Waals surface area contributed by atoms with Crippen LogP contribution in [0.3, 0.4) is 0 Å². The molecule has 0 unspecified atom stereocenters. The third kappa shape index (κ3) is 1.58. The van der Waals surface area contributed by atoms with Crippen LogP contribution in [0.15, 0.2) is 52.3 Å². The van der Waals surface area contributed by atoms with Crippen LogP contribution in [0.1, 0.15) is 25.0 Å². The van der Waals surface area contributed by atoms with Gasteiger partial charge in [0.15, 0.2) is 0 Å². The molecule has 0 fully saturated rings. The molecular weight excluding hydrogens is 280 g/mol. The zero-order valence-electron chi connectivity index (χ0n) is 10.6. The number of hydrogen-bond donors (Lipinski definition) is 0. The molecule has 4 heteroatoms. The van der Waals surface area contributed by atoms with E-state index in [1.807, 2.05) is 26.0 Å². The molecule has 98 valence electrons. The molecule has 2 aromatic carbocycles. The third-order valence-electron chi connectivity index (χ3n) is 3.74. The highest BCUT2D eigenvalue weighted by Gasteiger charge is 2.41. The second-order valence-corrected chi connectivity index (χ2v) is 7.53. The predicted octanol–water partition coefficient (Wildman–Crippen LogP) is 3.81. The van der Waals surface area contributed by atoms with E-state index in [-0.39, 0.29) is 0 Å². The maximum Gasteiger partial charge on any atom is 0.207 e. The van der Waals surface area contributed by atoms with Crippen molar-refractivity contribution in [2.75, 3.05) is 0 Å². The molecule has 3 rings (SSSR count). The largest absolute Gasteiger partial charge is 0.218 e. The molecule has 0 N–H and O–H groups in total. The molecule has 0 spiro atoms.